The molecule has 1 fully saturated rings. The fourth-order valence-electron chi connectivity index (χ4n) is 4.08. The van der Waals surface area contributed by atoms with Crippen LogP contribution in [0.1, 0.15) is 69.5 Å². The maximum atomic E-state index is 8.52. The Morgan fingerprint density at radius 3 is 2.63 bits per heavy atom. The normalized spacial score (nSPS) is 14.7. The molecular weight excluding hydrogens is 378 g/mol. The van der Waals surface area contributed by atoms with Crippen molar-refractivity contribution in [1.82, 2.24) is 19.5 Å². The minimum absolute atomic E-state index is 0.218. The van der Waals surface area contributed by atoms with Gasteiger partial charge in [-0.2, -0.15) is 0 Å². The molecule has 0 atom stereocenters. The van der Waals surface area contributed by atoms with E-state index in [9.17, 15) is 0 Å². The summed E-state index contributed by atoms with van der Waals surface area (Å²) < 4.78 is 13.6. The van der Waals surface area contributed by atoms with Crippen molar-refractivity contribution in [3.05, 3.63) is 40.9 Å². The Morgan fingerprint density at radius 2 is 1.97 bits per heavy atom. The Balaban J connectivity index is 1.73. The third kappa shape index (κ3) is 3.93. The molecular formula is C23H31N5O2. The predicted molar refractivity (Wildman–Crippen MR) is 116 cm³/mol. The molecule has 3 aromatic rings. The van der Waals surface area contributed by atoms with Gasteiger partial charge in [-0.05, 0) is 49.8 Å². The summed E-state index contributed by atoms with van der Waals surface area (Å²) in [7, 11) is 1.67. The maximum absolute atomic E-state index is 8.52. The Hall–Kier alpha value is -2.83. The summed E-state index contributed by atoms with van der Waals surface area (Å²) >= 11 is 0. The molecule has 0 saturated heterocycles. The van der Waals surface area contributed by atoms with Gasteiger partial charge in [0.05, 0.1) is 25.5 Å². The molecule has 1 aliphatic carbocycles. The second-order valence-electron chi connectivity index (χ2n) is 8.31. The number of rotatable bonds is 7. The van der Waals surface area contributed by atoms with Gasteiger partial charge < -0.3 is 14.5 Å². The standard InChI is InChI=1S/C23H31N5O2/c1-5-17-20-22(27-21(26-20)14(2)3)28(23(24)25-17)13-15-10-11-18(29-4)19(12-15)30-16-8-6-7-9-16/h10-12,14,16,24H,5-9,13H2,1-4H3,(H,26,27). The molecule has 1 aliphatic rings. The molecule has 0 radical (unpaired) electrons. The Bertz CT molecular complexity index is 1090. The summed E-state index contributed by atoms with van der Waals surface area (Å²) in [4.78, 5) is 12.8. The first-order chi connectivity index (χ1) is 14.5. The zero-order valence-electron chi connectivity index (χ0n) is 18.3. The summed E-state index contributed by atoms with van der Waals surface area (Å²) in [6.07, 6.45) is 5.63. The molecule has 0 aliphatic heterocycles. The van der Waals surface area contributed by atoms with Crippen LogP contribution in [0.25, 0.3) is 11.2 Å². The van der Waals surface area contributed by atoms with Gasteiger partial charge in [0.25, 0.3) is 0 Å². The van der Waals surface area contributed by atoms with Crippen LogP contribution in [-0.4, -0.2) is 32.7 Å². The number of H-pyrrole nitrogens is 1. The van der Waals surface area contributed by atoms with Crippen molar-refractivity contribution in [2.75, 3.05) is 7.11 Å². The monoisotopic (exact) mass is 409 g/mol. The highest BCUT2D eigenvalue weighted by atomic mass is 16.5. The number of aromatic amines is 1. The number of fused-ring (bicyclic) bond motifs is 1. The smallest absolute Gasteiger partial charge is 0.224 e. The molecule has 30 heavy (non-hydrogen) atoms. The SMILES string of the molecule is CCc1nc(=N)n(Cc2ccc(OC)c(OC3CCCC3)c2)c2nc(C(C)C)[nH]c12. The molecule has 160 valence electrons. The van der Waals surface area contributed by atoms with Crippen LogP contribution >= 0.6 is 0 Å². The van der Waals surface area contributed by atoms with Gasteiger partial charge >= 0.3 is 0 Å². The van der Waals surface area contributed by atoms with Gasteiger partial charge in [-0.1, -0.05) is 26.8 Å². The minimum atomic E-state index is 0.218. The summed E-state index contributed by atoms with van der Waals surface area (Å²) in [5.41, 5.74) is 3.84. The van der Waals surface area contributed by atoms with Crippen molar-refractivity contribution >= 4 is 11.2 Å². The van der Waals surface area contributed by atoms with Crippen molar-refractivity contribution in [3.63, 3.8) is 0 Å². The number of aromatic nitrogens is 4. The average Bonchev–Trinajstić information content (AvgIpc) is 3.40. The van der Waals surface area contributed by atoms with Gasteiger partial charge in [0, 0.05) is 5.92 Å². The van der Waals surface area contributed by atoms with Gasteiger partial charge in [0.2, 0.25) is 5.62 Å². The Labute approximate surface area is 177 Å². The number of nitrogens with one attached hydrogen (secondary N) is 2. The van der Waals surface area contributed by atoms with Gasteiger partial charge in [-0.15, -0.1) is 0 Å². The van der Waals surface area contributed by atoms with Crippen LogP contribution in [0.5, 0.6) is 11.5 Å². The number of aryl methyl sites for hydroxylation is 1. The quantitative estimate of drug-likeness (QED) is 0.609. The highest BCUT2D eigenvalue weighted by Gasteiger charge is 2.19. The van der Waals surface area contributed by atoms with E-state index in [4.69, 9.17) is 19.9 Å². The van der Waals surface area contributed by atoms with E-state index in [-0.39, 0.29) is 17.6 Å². The number of methoxy groups -OCH3 is 1. The van der Waals surface area contributed by atoms with Crippen LogP contribution in [-0.2, 0) is 13.0 Å². The molecule has 2 heterocycles. The molecule has 7 heteroatoms. The van der Waals surface area contributed by atoms with Gasteiger partial charge in [0.15, 0.2) is 17.1 Å². The summed E-state index contributed by atoms with van der Waals surface area (Å²) in [5.74, 6) is 2.71. The van der Waals surface area contributed by atoms with Crippen LogP contribution in [0.15, 0.2) is 18.2 Å². The van der Waals surface area contributed by atoms with Gasteiger partial charge in [-0.3, -0.25) is 9.98 Å². The van der Waals surface area contributed by atoms with Crippen LogP contribution < -0.4 is 15.1 Å². The zero-order chi connectivity index (χ0) is 21.3. The van der Waals surface area contributed by atoms with E-state index >= 15 is 0 Å². The van der Waals surface area contributed by atoms with Crippen LogP contribution in [0.4, 0.5) is 0 Å². The van der Waals surface area contributed by atoms with E-state index in [0.29, 0.717) is 6.54 Å². The van der Waals surface area contributed by atoms with Crippen LogP contribution in [0.3, 0.4) is 0 Å². The highest BCUT2D eigenvalue weighted by molar-refractivity contribution is 5.74. The van der Waals surface area contributed by atoms with Crippen LogP contribution in [0, 0.1) is 5.41 Å². The predicted octanol–water partition coefficient (Wildman–Crippen LogP) is 4.30. The van der Waals surface area contributed by atoms with Gasteiger partial charge in [0.1, 0.15) is 11.3 Å². The lowest BCUT2D eigenvalue weighted by Crippen LogP contribution is -2.25. The summed E-state index contributed by atoms with van der Waals surface area (Å²) in [6, 6.07) is 5.99. The van der Waals surface area contributed by atoms with Crippen molar-refractivity contribution in [1.29, 1.82) is 5.41 Å². The molecule has 2 aromatic heterocycles. The minimum Gasteiger partial charge on any atom is -0.493 e. The fourth-order valence-corrected chi connectivity index (χ4v) is 4.08. The number of imidazole rings is 1. The topological polar surface area (TPSA) is 88.8 Å². The number of benzene rings is 1. The molecule has 0 bridgehead atoms. The molecule has 0 amide bonds. The first kappa shape index (κ1) is 20.4. The summed E-state index contributed by atoms with van der Waals surface area (Å²) in [6.45, 7) is 6.77. The van der Waals surface area contributed by atoms with E-state index in [0.717, 1.165) is 59.0 Å². The van der Waals surface area contributed by atoms with Crippen molar-refractivity contribution in [2.24, 2.45) is 0 Å². The van der Waals surface area contributed by atoms with Crippen molar-refractivity contribution in [2.45, 2.75) is 71.4 Å². The van der Waals surface area contributed by atoms with E-state index in [1.165, 1.54) is 12.8 Å². The third-order valence-corrected chi connectivity index (χ3v) is 5.79. The van der Waals surface area contributed by atoms with E-state index in [2.05, 4.69) is 30.7 Å². The van der Waals surface area contributed by atoms with E-state index < -0.39 is 0 Å². The van der Waals surface area contributed by atoms with E-state index in [1.807, 2.05) is 22.8 Å². The molecule has 4 rings (SSSR count). The molecule has 1 aromatic carbocycles. The lowest BCUT2D eigenvalue weighted by Gasteiger charge is -2.17. The highest BCUT2D eigenvalue weighted by Crippen LogP contribution is 2.32. The van der Waals surface area contributed by atoms with E-state index in [1.54, 1.807) is 7.11 Å². The zero-order valence-corrected chi connectivity index (χ0v) is 18.3. The van der Waals surface area contributed by atoms with Gasteiger partial charge in [-0.25, -0.2) is 9.97 Å². The number of nitrogens with zero attached hydrogens (tertiary/aromatic N) is 3. The Morgan fingerprint density at radius 1 is 1.20 bits per heavy atom. The lowest BCUT2D eigenvalue weighted by molar-refractivity contribution is 0.200. The number of hydrogen-bond acceptors (Lipinski definition) is 5. The Kier molecular flexibility index (Phi) is 5.79. The first-order valence-electron chi connectivity index (χ1n) is 10.9. The number of hydrogen-bond donors (Lipinski definition) is 2. The molecule has 7 nitrogen and oxygen atoms in total. The van der Waals surface area contributed by atoms with Crippen molar-refractivity contribution in [3.8, 4) is 11.5 Å². The molecule has 2 N–H and O–H groups in total. The third-order valence-electron chi connectivity index (χ3n) is 5.79. The number of ether oxygens (including phenoxy) is 2. The second kappa shape index (κ2) is 8.50. The van der Waals surface area contributed by atoms with Crippen LogP contribution in [0.2, 0.25) is 0 Å². The fraction of sp³-hybridized carbons (Fsp3) is 0.522. The largest absolute Gasteiger partial charge is 0.493 e. The second-order valence-corrected chi connectivity index (χ2v) is 8.31. The summed E-state index contributed by atoms with van der Waals surface area (Å²) in [5, 5.41) is 8.52. The molecule has 1 saturated carbocycles. The lowest BCUT2D eigenvalue weighted by atomic mass is 10.2. The maximum Gasteiger partial charge on any atom is 0.224 e. The average molecular weight is 410 g/mol. The first-order valence-corrected chi connectivity index (χ1v) is 10.9. The molecule has 0 unspecified atom stereocenters. The molecule has 0 spiro atoms. The van der Waals surface area contributed by atoms with Crippen molar-refractivity contribution < 1.29 is 9.47 Å².